The van der Waals surface area contributed by atoms with E-state index in [1.165, 1.54) is 18.1 Å². The van der Waals surface area contributed by atoms with E-state index in [2.05, 4.69) is 20.8 Å². The van der Waals surface area contributed by atoms with E-state index in [1.807, 2.05) is 38.1 Å². The number of hydrogen-bond acceptors (Lipinski definition) is 5. The molecule has 0 saturated heterocycles. The summed E-state index contributed by atoms with van der Waals surface area (Å²) in [4.78, 5) is 12.8. The number of rotatable bonds is 6. The molecule has 0 bridgehead atoms. The Morgan fingerprint density at radius 3 is 2.68 bits per heavy atom. The summed E-state index contributed by atoms with van der Waals surface area (Å²) in [5.41, 5.74) is 1.55. The van der Waals surface area contributed by atoms with Crippen molar-refractivity contribution < 1.29 is 9.53 Å². The van der Waals surface area contributed by atoms with Gasteiger partial charge in [-0.15, -0.1) is 5.10 Å². The number of halogens is 2. The lowest BCUT2D eigenvalue weighted by atomic mass is 9.84. The fourth-order valence-electron chi connectivity index (χ4n) is 2.74. The maximum atomic E-state index is 12.8. The molecule has 1 heterocycles. The highest BCUT2D eigenvalue weighted by molar-refractivity contribution is 6.33. The third kappa shape index (κ3) is 4.26. The van der Waals surface area contributed by atoms with Gasteiger partial charge in [-0.1, -0.05) is 49.2 Å². The first-order chi connectivity index (χ1) is 13.3. The molecule has 0 spiro atoms. The van der Waals surface area contributed by atoms with Crippen molar-refractivity contribution in [2.75, 3.05) is 13.7 Å². The fraction of sp³-hybridized carbons (Fsp3) is 0.263. The first-order valence-corrected chi connectivity index (χ1v) is 9.22. The maximum Gasteiger partial charge on any atom is 0.255 e. The van der Waals surface area contributed by atoms with E-state index < -0.39 is 0 Å². The topological polar surface area (TPSA) is 81.9 Å². The van der Waals surface area contributed by atoms with E-state index >= 15 is 0 Å². The van der Waals surface area contributed by atoms with Gasteiger partial charge in [-0.3, -0.25) is 4.79 Å². The molecule has 0 aliphatic carbocycles. The summed E-state index contributed by atoms with van der Waals surface area (Å²) in [7, 11) is 1.49. The zero-order valence-corrected chi connectivity index (χ0v) is 17.1. The number of nitrogens with one attached hydrogen (secondary N) is 1. The molecule has 28 heavy (non-hydrogen) atoms. The van der Waals surface area contributed by atoms with Gasteiger partial charge in [0.1, 0.15) is 12.1 Å². The third-order valence-electron chi connectivity index (χ3n) is 4.41. The standard InChI is InChI=1S/C19H19Cl2N5O2/c1-19(2,12-5-4-6-13(20)7-12)10-22-18(27)14-8-15(21)16(9-17(14)28-3)26-11-23-24-25-26/h4-9,11H,10H2,1-3H3,(H,22,27). The zero-order chi connectivity index (χ0) is 20.3. The highest BCUT2D eigenvalue weighted by atomic mass is 35.5. The molecule has 0 saturated carbocycles. The van der Waals surface area contributed by atoms with E-state index in [9.17, 15) is 4.79 Å². The molecular formula is C19H19Cl2N5O2. The normalized spacial score (nSPS) is 11.3. The van der Waals surface area contributed by atoms with E-state index in [1.54, 1.807) is 12.1 Å². The zero-order valence-electron chi connectivity index (χ0n) is 15.6. The van der Waals surface area contributed by atoms with Crippen LogP contribution in [-0.4, -0.2) is 39.8 Å². The van der Waals surface area contributed by atoms with Gasteiger partial charge < -0.3 is 10.1 Å². The van der Waals surface area contributed by atoms with Crippen LogP contribution in [0.3, 0.4) is 0 Å². The Kier molecular flexibility index (Phi) is 5.86. The Morgan fingerprint density at radius 1 is 1.25 bits per heavy atom. The Labute approximate surface area is 172 Å². The highest BCUT2D eigenvalue weighted by Crippen LogP contribution is 2.30. The van der Waals surface area contributed by atoms with Gasteiger partial charge in [0.15, 0.2) is 0 Å². The van der Waals surface area contributed by atoms with Crippen LogP contribution >= 0.6 is 23.2 Å². The van der Waals surface area contributed by atoms with Gasteiger partial charge in [-0.2, -0.15) is 4.68 Å². The van der Waals surface area contributed by atoms with Gasteiger partial charge >= 0.3 is 0 Å². The molecule has 0 radical (unpaired) electrons. The summed E-state index contributed by atoms with van der Waals surface area (Å²) in [6, 6.07) is 10.7. The molecule has 1 amide bonds. The quantitative estimate of drug-likeness (QED) is 0.658. The van der Waals surface area contributed by atoms with Gasteiger partial charge in [0.05, 0.1) is 23.4 Å². The van der Waals surface area contributed by atoms with Gasteiger partial charge in [0.2, 0.25) is 0 Å². The van der Waals surface area contributed by atoms with E-state index in [0.717, 1.165) is 5.56 Å². The molecule has 1 aromatic heterocycles. The smallest absolute Gasteiger partial charge is 0.255 e. The predicted molar refractivity (Wildman–Crippen MR) is 108 cm³/mol. The predicted octanol–water partition coefficient (Wildman–Crippen LogP) is 3.69. The van der Waals surface area contributed by atoms with Gasteiger partial charge in [0.25, 0.3) is 5.91 Å². The van der Waals surface area contributed by atoms with Gasteiger partial charge in [0, 0.05) is 23.0 Å². The van der Waals surface area contributed by atoms with Crippen LogP contribution in [0.1, 0.15) is 29.8 Å². The average Bonchev–Trinajstić information content (AvgIpc) is 3.20. The number of benzene rings is 2. The lowest BCUT2D eigenvalue weighted by molar-refractivity contribution is 0.0942. The van der Waals surface area contributed by atoms with Crippen molar-refractivity contribution in [3.63, 3.8) is 0 Å². The second-order valence-corrected chi connectivity index (χ2v) is 7.68. The Morgan fingerprint density at radius 2 is 2.04 bits per heavy atom. The lowest BCUT2D eigenvalue weighted by Crippen LogP contribution is -2.36. The van der Waals surface area contributed by atoms with Crippen LogP contribution < -0.4 is 10.1 Å². The molecule has 0 fully saturated rings. The van der Waals surface area contributed by atoms with Crippen LogP contribution in [0, 0.1) is 0 Å². The summed E-state index contributed by atoms with van der Waals surface area (Å²) < 4.78 is 6.77. The maximum absolute atomic E-state index is 12.8. The first-order valence-electron chi connectivity index (χ1n) is 8.47. The summed E-state index contributed by atoms with van der Waals surface area (Å²) in [6.07, 6.45) is 1.41. The van der Waals surface area contributed by atoms with E-state index in [-0.39, 0.29) is 11.3 Å². The Balaban J connectivity index is 1.81. The van der Waals surface area contributed by atoms with Crippen molar-refractivity contribution in [1.29, 1.82) is 0 Å². The number of tetrazole rings is 1. The number of carbonyl (C=O) groups excluding carboxylic acids is 1. The van der Waals surface area contributed by atoms with Crippen molar-refractivity contribution in [3.05, 3.63) is 63.9 Å². The van der Waals surface area contributed by atoms with Crippen LogP contribution in [0.2, 0.25) is 10.0 Å². The number of ether oxygens (including phenoxy) is 1. The average molecular weight is 420 g/mol. The highest BCUT2D eigenvalue weighted by Gasteiger charge is 2.24. The minimum absolute atomic E-state index is 0.294. The van der Waals surface area contributed by atoms with Gasteiger partial charge in [-0.25, -0.2) is 0 Å². The fourth-order valence-corrected chi connectivity index (χ4v) is 3.18. The second kappa shape index (κ2) is 8.16. The number of methoxy groups -OCH3 is 1. The summed E-state index contributed by atoms with van der Waals surface area (Å²) in [6.45, 7) is 4.47. The van der Waals surface area contributed by atoms with Crippen molar-refractivity contribution in [2.45, 2.75) is 19.3 Å². The molecule has 9 heteroatoms. The van der Waals surface area contributed by atoms with Crippen LogP contribution in [0.4, 0.5) is 0 Å². The summed E-state index contributed by atoms with van der Waals surface area (Å²) in [5, 5.41) is 14.9. The number of hydrogen-bond donors (Lipinski definition) is 1. The number of amides is 1. The molecule has 0 aliphatic rings. The van der Waals surface area contributed by atoms with Crippen LogP contribution in [-0.2, 0) is 5.41 Å². The molecule has 7 nitrogen and oxygen atoms in total. The van der Waals surface area contributed by atoms with E-state index in [0.29, 0.717) is 33.6 Å². The monoisotopic (exact) mass is 419 g/mol. The molecule has 1 N–H and O–H groups in total. The molecule has 146 valence electrons. The van der Waals surface area contributed by atoms with E-state index in [4.69, 9.17) is 27.9 Å². The molecule has 2 aromatic carbocycles. The first kappa shape index (κ1) is 20.1. The largest absolute Gasteiger partial charge is 0.496 e. The third-order valence-corrected chi connectivity index (χ3v) is 4.94. The summed E-state index contributed by atoms with van der Waals surface area (Å²) >= 11 is 12.4. The molecule has 0 unspecified atom stereocenters. The Bertz CT molecular complexity index is 990. The lowest BCUT2D eigenvalue weighted by Gasteiger charge is -2.26. The summed E-state index contributed by atoms with van der Waals surface area (Å²) in [5.74, 6) is 0.0741. The van der Waals surface area contributed by atoms with Gasteiger partial charge in [-0.05, 0) is 34.2 Å². The Hall–Kier alpha value is -2.64. The SMILES string of the molecule is COc1cc(-n2cnnn2)c(Cl)cc1C(=O)NCC(C)(C)c1cccc(Cl)c1. The molecule has 3 rings (SSSR count). The molecule has 3 aromatic rings. The minimum atomic E-state index is -0.316. The van der Waals surface area contributed by atoms with Crippen molar-refractivity contribution in [3.8, 4) is 11.4 Å². The van der Waals surface area contributed by atoms with Crippen molar-refractivity contribution in [2.24, 2.45) is 0 Å². The number of nitrogens with zero attached hydrogens (tertiary/aromatic N) is 4. The minimum Gasteiger partial charge on any atom is -0.496 e. The van der Waals surface area contributed by atoms with Crippen molar-refractivity contribution in [1.82, 2.24) is 25.5 Å². The van der Waals surface area contributed by atoms with Crippen LogP contribution in [0.5, 0.6) is 5.75 Å². The van der Waals surface area contributed by atoms with Crippen molar-refractivity contribution >= 4 is 29.1 Å². The number of aromatic nitrogens is 4. The van der Waals surface area contributed by atoms with Crippen LogP contribution in [0.25, 0.3) is 5.69 Å². The molecule has 0 atom stereocenters. The van der Waals surface area contributed by atoms with Crippen LogP contribution in [0.15, 0.2) is 42.7 Å². The molecule has 0 aliphatic heterocycles. The molecular weight excluding hydrogens is 401 g/mol. The number of carbonyl (C=O) groups is 1. The second-order valence-electron chi connectivity index (χ2n) is 6.84.